The molecule has 0 unspecified atom stereocenters. The molecular weight excluding hydrogens is 286 g/mol. The summed E-state index contributed by atoms with van der Waals surface area (Å²) in [5.41, 5.74) is 1.64. The van der Waals surface area contributed by atoms with Crippen molar-refractivity contribution in [3.05, 3.63) is 48.4 Å². The molecule has 0 atom stereocenters. The zero-order chi connectivity index (χ0) is 14.7. The van der Waals surface area contributed by atoms with Gasteiger partial charge in [0.05, 0.1) is 5.75 Å². The molecule has 0 saturated heterocycles. The number of para-hydroxylation sites is 1. The van der Waals surface area contributed by atoms with Crippen LogP contribution in [-0.4, -0.2) is 31.2 Å². The maximum Gasteiger partial charge on any atom is 0.253 e. The van der Waals surface area contributed by atoms with E-state index in [0.29, 0.717) is 11.5 Å². The maximum atomic E-state index is 12.0. The van der Waals surface area contributed by atoms with E-state index in [-0.39, 0.29) is 5.91 Å². The summed E-state index contributed by atoms with van der Waals surface area (Å²) in [6, 6.07) is 11.3. The van der Waals surface area contributed by atoms with E-state index < -0.39 is 0 Å². The fourth-order valence-corrected chi connectivity index (χ4v) is 2.71. The topological polar surface area (TPSA) is 72.2 Å². The molecule has 3 rings (SSSR count). The Morgan fingerprint density at radius 3 is 2.95 bits per heavy atom. The van der Waals surface area contributed by atoms with Gasteiger partial charge in [0.15, 0.2) is 0 Å². The van der Waals surface area contributed by atoms with Crippen molar-refractivity contribution in [1.82, 2.24) is 19.6 Å². The number of benzene rings is 1. The molecule has 106 valence electrons. The number of anilines is 1. The smallest absolute Gasteiger partial charge is 0.253 e. The Kier molecular flexibility index (Phi) is 3.83. The molecule has 1 amide bonds. The minimum absolute atomic E-state index is 0.0612. The van der Waals surface area contributed by atoms with E-state index in [0.717, 1.165) is 16.4 Å². The van der Waals surface area contributed by atoms with E-state index in [4.69, 9.17) is 0 Å². The third kappa shape index (κ3) is 3.19. The standard InChI is InChI=1S/C14H13N5OS/c1-10-7-13(19-14(17-10)15-9-16-19)21-8-12(20)18-11-5-3-2-4-6-11/h2-7,9H,8H2,1H3,(H,18,20). The highest BCUT2D eigenvalue weighted by Crippen LogP contribution is 2.19. The van der Waals surface area contributed by atoms with Gasteiger partial charge in [-0.2, -0.15) is 14.6 Å². The number of carbonyl (C=O) groups is 1. The number of carbonyl (C=O) groups excluding carboxylic acids is 1. The van der Waals surface area contributed by atoms with Crippen molar-refractivity contribution < 1.29 is 4.79 Å². The monoisotopic (exact) mass is 299 g/mol. The highest BCUT2D eigenvalue weighted by molar-refractivity contribution is 7.99. The van der Waals surface area contributed by atoms with Crippen molar-refractivity contribution in [3.63, 3.8) is 0 Å². The van der Waals surface area contributed by atoms with Crippen molar-refractivity contribution in [2.45, 2.75) is 11.9 Å². The minimum atomic E-state index is -0.0612. The number of nitrogens with zero attached hydrogens (tertiary/aromatic N) is 4. The average molecular weight is 299 g/mol. The predicted octanol–water partition coefficient (Wildman–Crippen LogP) is 2.16. The van der Waals surface area contributed by atoms with Crippen molar-refractivity contribution in [2.24, 2.45) is 0 Å². The lowest BCUT2D eigenvalue weighted by Gasteiger charge is -2.06. The number of nitrogens with one attached hydrogen (secondary N) is 1. The fourth-order valence-electron chi connectivity index (χ4n) is 1.86. The Labute approximate surface area is 125 Å². The molecule has 0 aliphatic rings. The van der Waals surface area contributed by atoms with Gasteiger partial charge in [0.1, 0.15) is 11.4 Å². The summed E-state index contributed by atoms with van der Waals surface area (Å²) in [4.78, 5) is 20.3. The van der Waals surface area contributed by atoms with Crippen LogP contribution < -0.4 is 5.32 Å². The van der Waals surface area contributed by atoms with Crippen LogP contribution in [0.25, 0.3) is 5.78 Å². The summed E-state index contributed by atoms with van der Waals surface area (Å²) in [6.07, 6.45) is 1.45. The van der Waals surface area contributed by atoms with Gasteiger partial charge in [-0.3, -0.25) is 4.79 Å². The molecule has 1 aromatic carbocycles. The molecule has 0 saturated carbocycles. The average Bonchev–Trinajstić information content (AvgIpc) is 2.94. The Bertz CT molecular complexity index is 771. The van der Waals surface area contributed by atoms with E-state index in [9.17, 15) is 4.79 Å². The molecule has 7 heteroatoms. The van der Waals surface area contributed by atoms with Crippen LogP contribution in [0, 0.1) is 6.92 Å². The quantitative estimate of drug-likeness (QED) is 0.590. The maximum absolute atomic E-state index is 12.0. The number of aromatic nitrogens is 4. The van der Waals surface area contributed by atoms with Gasteiger partial charge in [-0.15, -0.1) is 0 Å². The third-order valence-corrected chi connectivity index (χ3v) is 3.75. The van der Waals surface area contributed by atoms with Gasteiger partial charge in [-0.25, -0.2) is 4.98 Å². The largest absolute Gasteiger partial charge is 0.325 e. The van der Waals surface area contributed by atoms with Crippen LogP contribution in [0.4, 0.5) is 5.69 Å². The van der Waals surface area contributed by atoms with Crippen LogP contribution in [0.1, 0.15) is 5.69 Å². The van der Waals surface area contributed by atoms with Gasteiger partial charge in [-0.1, -0.05) is 30.0 Å². The lowest BCUT2D eigenvalue weighted by molar-refractivity contribution is -0.113. The number of fused-ring (bicyclic) bond motifs is 1. The number of aryl methyl sites for hydroxylation is 1. The summed E-state index contributed by atoms with van der Waals surface area (Å²) in [6.45, 7) is 1.89. The van der Waals surface area contributed by atoms with Crippen molar-refractivity contribution >= 4 is 29.1 Å². The van der Waals surface area contributed by atoms with Gasteiger partial charge in [0, 0.05) is 11.4 Å². The fraction of sp³-hybridized carbons (Fsp3) is 0.143. The molecule has 2 heterocycles. The van der Waals surface area contributed by atoms with Crippen LogP contribution in [-0.2, 0) is 4.79 Å². The molecule has 1 N–H and O–H groups in total. The van der Waals surface area contributed by atoms with Gasteiger partial charge in [0.2, 0.25) is 5.91 Å². The summed E-state index contributed by atoms with van der Waals surface area (Å²) in [5, 5.41) is 7.81. The van der Waals surface area contributed by atoms with Crippen LogP contribution in [0.15, 0.2) is 47.8 Å². The molecular formula is C14H13N5OS. The Morgan fingerprint density at radius 2 is 2.14 bits per heavy atom. The van der Waals surface area contributed by atoms with Crippen LogP contribution in [0.3, 0.4) is 0 Å². The molecule has 0 aliphatic carbocycles. The second-order valence-electron chi connectivity index (χ2n) is 4.41. The van der Waals surface area contributed by atoms with Gasteiger partial charge < -0.3 is 5.32 Å². The van der Waals surface area contributed by atoms with Crippen LogP contribution in [0.5, 0.6) is 0 Å². The van der Waals surface area contributed by atoms with Gasteiger partial charge >= 0.3 is 0 Å². The summed E-state index contributed by atoms with van der Waals surface area (Å²) < 4.78 is 1.63. The number of hydrogen-bond acceptors (Lipinski definition) is 5. The Morgan fingerprint density at radius 1 is 1.33 bits per heavy atom. The van der Waals surface area contributed by atoms with Crippen molar-refractivity contribution in [1.29, 1.82) is 0 Å². The second kappa shape index (κ2) is 5.92. The zero-order valence-corrected chi connectivity index (χ0v) is 12.2. The predicted molar refractivity (Wildman–Crippen MR) is 81.3 cm³/mol. The minimum Gasteiger partial charge on any atom is -0.325 e. The molecule has 2 aromatic heterocycles. The zero-order valence-electron chi connectivity index (χ0n) is 11.4. The first-order chi connectivity index (χ1) is 10.2. The van der Waals surface area contributed by atoms with E-state index in [2.05, 4.69) is 20.4 Å². The highest BCUT2D eigenvalue weighted by atomic mass is 32.2. The first-order valence-electron chi connectivity index (χ1n) is 6.37. The highest BCUT2D eigenvalue weighted by Gasteiger charge is 2.09. The first kappa shape index (κ1) is 13.6. The molecule has 3 aromatic rings. The van der Waals surface area contributed by atoms with Gasteiger partial charge in [-0.05, 0) is 25.1 Å². The molecule has 21 heavy (non-hydrogen) atoms. The summed E-state index contributed by atoms with van der Waals surface area (Å²) in [5.74, 6) is 0.780. The Balaban J connectivity index is 1.69. The molecule has 0 fully saturated rings. The van der Waals surface area contributed by atoms with Crippen LogP contribution >= 0.6 is 11.8 Å². The number of amides is 1. The van der Waals surface area contributed by atoms with Crippen molar-refractivity contribution in [2.75, 3.05) is 11.1 Å². The summed E-state index contributed by atoms with van der Waals surface area (Å²) >= 11 is 1.40. The first-order valence-corrected chi connectivity index (χ1v) is 7.36. The third-order valence-electron chi connectivity index (χ3n) is 2.76. The normalized spacial score (nSPS) is 10.7. The lowest BCUT2D eigenvalue weighted by atomic mass is 10.3. The lowest BCUT2D eigenvalue weighted by Crippen LogP contribution is -2.14. The summed E-state index contributed by atoms with van der Waals surface area (Å²) in [7, 11) is 0. The molecule has 0 aliphatic heterocycles. The van der Waals surface area contributed by atoms with Gasteiger partial charge in [0.25, 0.3) is 5.78 Å². The van der Waals surface area contributed by atoms with Crippen LogP contribution in [0.2, 0.25) is 0 Å². The molecule has 0 bridgehead atoms. The molecule has 0 radical (unpaired) electrons. The number of thioether (sulfide) groups is 1. The number of rotatable bonds is 4. The van der Waals surface area contributed by atoms with E-state index >= 15 is 0 Å². The van der Waals surface area contributed by atoms with E-state index in [1.165, 1.54) is 18.1 Å². The Hall–Kier alpha value is -2.41. The molecule has 0 spiro atoms. The number of hydrogen-bond donors (Lipinski definition) is 1. The second-order valence-corrected chi connectivity index (χ2v) is 5.41. The van der Waals surface area contributed by atoms with E-state index in [1.54, 1.807) is 4.52 Å². The van der Waals surface area contributed by atoms with E-state index in [1.807, 2.05) is 43.3 Å². The van der Waals surface area contributed by atoms with Crippen molar-refractivity contribution in [3.8, 4) is 0 Å². The SMILES string of the molecule is Cc1cc(SCC(=O)Nc2ccccc2)n2ncnc2n1. The molecule has 6 nitrogen and oxygen atoms in total.